The van der Waals surface area contributed by atoms with Gasteiger partial charge >= 0.3 is 0 Å². The molecule has 3 nitrogen and oxygen atoms in total. The molecule has 1 aromatic heterocycles. The van der Waals surface area contributed by atoms with Crippen LogP contribution in [0.1, 0.15) is 5.56 Å². The quantitative estimate of drug-likeness (QED) is 0.510. The van der Waals surface area contributed by atoms with Crippen molar-refractivity contribution in [1.29, 1.82) is 0 Å². The van der Waals surface area contributed by atoms with Crippen molar-refractivity contribution >= 4 is 23.6 Å². The number of nitrogen functional groups attached to an aromatic ring is 1. The van der Waals surface area contributed by atoms with Crippen LogP contribution in [-0.2, 0) is 0 Å². The van der Waals surface area contributed by atoms with Gasteiger partial charge < -0.3 is 5.73 Å². The van der Waals surface area contributed by atoms with E-state index in [1.807, 2.05) is 0 Å². The maximum absolute atomic E-state index is 5.58. The molecule has 0 aliphatic carbocycles. The van der Waals surface area contributed by atoms with E-state index in [1.54, 1.807) is 25.4 Å². The minimum Gasteiger partial charge on any atom is -0.383 e. The molecule has 0 saturated carbocycles. The maximum atomic E-state index is 5.58. The molecule has 0 aliphatic rings. The van der Waals surface area contributed by atoms with Crippen LogP contribution in [0.15, 0.2) is 17.1 Å². The molecule has 0 spiro atoms. The zero-order chi connectivity index (χ0) is 8.27. The van der Waals surface area contributed by atoms with Gasteiger partial charge in [-0.15, -0.1) is 0 Å². The molecular weight excluding hydrogens is 162 g/mol. The van der Waals surface area contributed by atoms with Crippen LogP contribution in [0, 0.1) is 0 Å². The Morgan fingerprint density at radius 3 is 2.91 bits per heavy atom. The number of pyridine rings is 1. The van der Waals surface area contributed by atoms with Crippen LogP contribution >= 0.6 is 11.6 Å². The second kappa shape index (κ2) is 3.34. The number of nitrogens with two attached hydrogens (primary N) is 1. The number of aliphatic imine (C=N–C) groups is 1. The molecule has 0 radical (unpaired) electrons. The van der Waals surface area contributed by atoms with Crippen molar-refractivity contribution in [2.75, 3.05) is 12.8 Å². The lowest BCUT2D eigenvalue weighted by Gasteiger charge is -1.97. The standard InChI is InChI=1S/C7H8ClN3/c1-10-4-5-2-3-6(8)11-7(5)9/h2-4H,1H3,(H2,9,11). The third kappa shape index (κ3) is 1.91. The van der Waals surface area contributed by atoms with Gasteiger partial charge in [0.15, 0.2) is 0 Å². The molecule has 1 aromatic rings. The van der Waals surface area contributed by atoms with Gasteiger partial charge in [-0.1, -0.05) is 11.6 Å². The highest BCUT2D eigenvalue weighted by atomic mass is 35.5. The highest BCUT2D eigenvalue weighted by Crippen LogP contribution is 2.10. The molecule has 0 bridgehead atoms. The van der Waals surface area contributed by atoms with E-state index < -0.39 is 0 Å². The van der Waals surface area contributed by atoms with Crippen LogP contribution in [0.2, 0.25) is 5.15 Å². The molecule has 0 amide bonds. The zero-order valence-corrected chi connectivity index (χ0v) is 6.84. The number of nitrogens with zero attached hydrogens (tertiary/aromatic N) is 2. The lowest BCUT2D eigenvalue weighted by molar-refractivity contribution is 1.32. The van der Waals surface area contributed by atoms with E-state index in [4.69, 9.17) is 17.3 Å². The molecule has 58 valence electrons. The number of rotatable bonds is 1. The summed E-state index contributed by atoms with van der Waals surface area (Å²) in [5.74, 6) is 0.406. The van der Waals surface area contributed by atoms with Crippen LogP contribution in [0.25, 0.3) is 0 Å². The average molecular weight is 170 g/mol. The highest BCUT2D eigenvalue weighted by molar-refractivity contribution is 6.29. The Hall–Kier alpha value is -1.09. The second-order valence-electron chi connectivity index (χ2n) is 2.00. The molecule has 0 saturated heterocycles. The van der Waals surface area contributed by atoms with Crippen molar-refractivity contribution in [1.82, 2.24) is 4.98 Å². The van der Waals surface area contributed by atoms with Crippen molar-refractivity contribution < 1.29 is 0 Å². The summed E-state index contributed by atoms with van der Waals surface area (Å²) in [6.07, 6.45) is 1.64. The summed E-state index contributed by atoms with van der Waals surface area (Å²) in [7, 11) is 1.67. The Kier molecular flexibility index (Phi) is 2.44. The first kappa shape index (κ1) is 8.01. The lowest BCUT2D eigenvalue weighted by Crippen LogP contribution is -1.96. The SMILES string of the molecule is CN=Cc1ccc(Cl)nc1N. The summed E-state index contributed by atoms with van der Waals surface area (Å²) in [5, 5.41) is 0.399. The second-order valence-corrected chi connectivity index (χ2v) is 2.38. The Morgan fingerprint density at radius 1 is 1.64 bits per heavy atom. The average Bonchev–Trinajstić information content (AvgIpc) is 1.95. The fraction of sp³-hybridized carbons (Fsp3) is 0.143. The molecular formula is C7H8ClN3. The first-order valence-electron chi connectivity index (χ1n) is 3.08. The Morgan fingerprint density at radius 2 is 2.36 bits per heavy atom. The van der Waals surface area contributed by atoms with Gasteiger partial charge in [0.05, 0.1) is 0 Å². The minimum atomic E-state index is 0.399. The van der Waals surface area contributed by atoms with Crippen LogP contribution in [0.5, 0.6) is 0 Å². The van der Waals surface area contributed by atoms with Crippen LogP contribution in [-0.4, -0.2) is 18.2 Å². The van der Waals surface area contributed by atoms with Gasteiger partial charge in [0.1, 0.15) is 11.0 Å². The van der Waals surface area contributed by atoms with Crippen LogP contribution in [0.3, 0.4) is 0 Å². The molecule has 1 rings (SSSR count). The van der Waals surface area contributed by atoms with E-state index in [9.17, 15) is 0 Å². The van der Waals surface area contributed by atoms with Gasteiger partial charge in [-0.3, -0.25) is 4.99 Å². The van der Waals surface area contributed by atoms with E-state index >= 15 is 0 Å². The fourth-order valence-electron chi connectivity index (χ4n) is 0.709. The largest absolute Gasteiger partial charge is 0.383 e. The number of anilines is 1. The summed E-state index contributed by atoms with van der Waals surface area (Å²) in [4.78, 5) is 7.65. The predicted octanol–water partition coefficient (Wildman–Crippen LogP) is 1.37. The van der Waals surface area contributed by atoms with E-state index in [2.05, 4.69) is 9.98 Å². The first-order chi connectivity index (χ1) is 5.24. The number of hydrogen-bond acceptors (Lipinski definition) is 3. The van der Waals surface area contributed by atoms with Crippen molar-refractivity contribution in [3.8, 4) is 0 Å². The van der Waals surface area contributed by atoms with Crippen LogP contribution < -0.4 is 5.73 Å². The Balaban J connectivity index is 3.09. The summed E-state index contributed by atoms with van der Waals surface area (Å²) in [5.41, 5.74) is 6.31. The van der Waals surface area contributed by atoms with Gasteiger partial charge in [-0.05, 0) is 12.1 Å². The molecule has 0 unspecified atom stereocenters. The fourth-order valence-corrected chi connectivity index (χ4v) is 0.863. The monoisotopic (exact) mass is 169 g/mol. The molecule has 11 heavy (non-hydrogen) atoms. The van der Waals surface area contributed by atoms with E-state index in [0.717, 1.165) is 5.56 Å². The Labute approximate surface area is 69.9 Å². The summed E-state index contributed by atoms with van der Waals surface area (Å²) in [6.45, 7) is 0. The van der Waals surface area contributed by atoms with Gasteiger partial charge in [0, 0.05) is 18.8 Å². The summed E-state index contributed by atoms with van der Waals surface area (Å²) < 4.78 is 0. The van der Waals surface area contributed by atoms with Crippen molar-refractivity contribution in [2.24, 2.45) is 4.99 Å². The number of hydrogen-bond donors (Lipinski definition) is 1. The van der Waals surface area contributed by atoms with Gasteiger partial charge in [-0.2, -0.15) is 0 Å². The van der Waals surface area contributed by atoms with E-state index in [1.165, 1.54) is 0 Å². The van der Waals surface area contributed by atoms with Crippen LogP contribution in [0.4, 0.5) is 5.82 Å². The molecule has 1 heterocycles. The van der Waals surface area contributed by atoms with Crippen molar-refractivity contribution in [2.45, 2.75) is 0 Å². The molecule has 0 aliphatic heterocycles. The van der Waals surface area contributed by atoms with Crippen molar-refractivity contribution in [3.63, 3.8) is 0 Å². The van der Waals surface area contributed by atoms with Crippen molar-refractivity contribution in [3.05, 3.63) is 22.8 Å². The van der Waals surface area contributed by atoms with Gasteiger partial charge in [-0.25, -0.2) is 4.98 Å². The summed E-state index contributed by atoms with van der Waals surface area (Å²) in [6, 6.07) is 3.45. The minimum absolute atomic E-state index is 0.399. The molecule has 0 fully saturated rings. The molecule has 4 heteroatoms. The maximum Gasteiger partial charge on any atom is 0.133 e. The smallest absolute Gasteiger partial charge is 0.133 e. The molecule has 2 N–H and O–H groups in total. The lowest BCUT2D eigenvalue weighted by atomic mass is 10.3. The third-order valence-electron chi connectivity index (χ3n) is 1.19. The molecule has 0 atom stereocenters. The number of aromatic nitrogens is 1. The highest BCUT2D eigenvalue weighted by Gasteiger charge is 1.96. The summed E-state index contributed by atoms with van der Waals surface area (Å²) >= 11 is 5.58. The topological polar surface area (TPSA) is 51.3 Å². The number of halogens is 1. The molecule has 0 aromatic carbocycles. The van der Waals surface area contributed by atoms with Gasteiger partial charge in [0.2, 0.25) is 0 Å². The normalized spacial score (nSPS) is 10.7. The van der Waals surface area contributed by atoms with E-state index in [0.29, 0.717) is 11.0 Å². The Bertz CT molecular complexity index is 283. The first-order valence-corrected chi connectivity index (χ1v) is 3.46. The zero-order valence-electron chi connectivity index (χ0n) is 6.08. The van der Waals surface area contributed by atoms with E-state index in [-0.39, 0.29) is 0 Å². The predicted molar refractivity (Wildman–Crippen MR) is 47.2 cm³/mol. The van der Waals surface area contributed by atoms with Gasteiger partial charge in [0.25, 0.3) is 0 Å². The third-order valence-corrected chi connectivity index (χ3v) is 1.40.